The van der Waals surface area contributed by atoms with Gasteiger partial charge in [0, 0.05) is 30.6 Å². The summed E-state index contributed by atoms with van der Waals surface area (Å²) in [5.74, 6) is 0.147. The number of rotatable bonds is 7. The Morgan fingerprint density at radius 3 is 2.69 bits per heavy atom. The van der Waals surface area contributed by atoms with Gasteiger partial charge in [0.25, 0.3) is 0 Å². The van der Waals surface area contributed by atoms with Crippen LogP contribution in [0.3, 0.4) is 0 Å². The number of H-pyrrole nitrogens is 1. The summed E-state index contributed by atoms with van der Waals surface area (Å²) in [5.41, 5.74) is 2.53. The lowest BCUT2D eigenvalue weighted by molar-refractivity contribution is 0.104. The van der Waals surface area contributed by atoms with Crippen molar-refractivity contribution in [1.29, 1.82) is 0 Å². The number of hydrogen-bond donors (Lipinski definition) is 2. The molecule has 0 fully saturated rings. The average Bonchev–Trinajstić information content (AvgIpc) is 3.32. The summed E-state index contributed by atoms with van der Waals surface area (Å²) in [6.07, 6.45) is 5.53. The number of ketones is 1. The number of nitrogens with one attached hydrogen (secondary N) is 1. The molecule has 0 aliphatic heterocycles. The van der Waals surface area contributed by atoms with Gasteiger partial charge in [-0.2, -0.15) is 5.21 Å². The van der Waals surface area contributed by atoms with Crippen LogP contribution in [-0.2, 0) is 13.0 Å². The fourth-order valence-electron chi connectivity index (χ4n) is 2.63. The molecule has 0 aliphatic carbocycles. The molecule has 0 amide bonds. The minimum atomic E-state index is -0.325. The van der Waals surface area contributed by atoms with Gasteiger partial charge in [0.15, 0.2) is 11.5 Å². The number of aryl methyl sites for hydroxylation is 1. The Morgan fingerprint density at radius 1 is 1.31 bits per heavy atom. The number of benzene rings is 1. The van der Waals surface area contributed by atoms with E-state index in [0.717, 1.165) is 23.0 Å². The predicted molar refractivity (Wildman–Crippen MR) is 95.0 cm³/mol. The van der Waals surface area contributed by atoms with Crippen molar-refractivity contribution >= 4 is 11.5 Å². The molecule has 0 bridgehead atoms. The molecular formula is C18H19N5O3. The van der Waals surface area contributed by atoms with Crippen LogP contribution >= 0.6 is 0 Å². The van der Waals surface area contributed by atoms with Crippen molar-refractivity contribution in [3.05, 3.63) is 65.2 Å². The molecule has 0 saturated carbocycles. The smallest absolute Gasteiger partial charge is 0.239 e. The number of aliphatic hydroxyl groups excluding tert-OH is 1. The van der Waals surface area contributed by atoms with E-state index in [1.165, 1.54) is 0 Å². The molecule has 134 valence electrons. The number of ether oxygens (including phenoxy) is 1. The van der Waals surface area contributed by atoms with Gasteiger partial charge >= 0.3 is 0 Å². The highest BCUT2D eigenvalue weighted by Crippen LogP contribution is 2.18. The van der Waals surface area contributed by atoms with Gasteiger partial charge in [-0.1, -0.05) is 19.1 Å². The maximum absolute atomic E-state index is 12.5. The van der Waals surface area contributed by atoms with E-state index in [-0.39, 0.29) is 17.4 Å². The molecular weight excluding hydrogens is 334 g/mol. The zero-order valence-electron chi connectivity index (χ0n) is 14.5. The van der Waals surface area contributed by atoms with Gasteiger partial charge in [-0.15, -0.1) is 10.2 Å². The third kappa shape index (κ3) is 3.80. The van der Waals surface area contributed by atoms with Crippen LogP contribution in [-0.4, -0.2) is 43.2 Å². The third-order valence-corrected chi connectivity index (χ3v) is 3.98. The van der Waals surface area contributed by atoms with Crippen LogP contribution in [0.4, 0.5) is 0 Å². The Bertz CT molecular complexity index is 911. The van der Waals surface area contributed by atoms with E-state index in [2.05, 4.69) is 20.6 Å². The monoisotopic (exact) mass is 353 g/mol. The van der Waals surface area contributed by atoms with Gasteiger partial charge in [0.2, 0.25) is 5.82 Å². The Balaban J connectivity index is 1.81. The van der Waals surface area contributed by atoms with Gasteiger partial charge in [-0.05, 0) is 34.9 Å². The van der Waals surface area contributed by atoms with E-state index in [1.807, 2.05) is 42.0 Å². The molecule has 3 rings (SSSR count). The number of aliphatic hydroxyl groups is 1. The van der Waals surface area contributed by atoms with Crippen LogP contribution in [0, 0.1) is 0 Å². The second kappa shape index (κ2) is 7.64. The highest BCUT2D eigenvalue weighted by molar-refractivity contribution is 6.08. The summed E-state index contributed by atoms with van der Waals surface area (Å²) < 4.78 is 7.11. The Morgan fingerprint density at radius 2 is 2.08 bits per heavy atom. The number of aromatic amines is 1. The van der Waals surface area contributed by atoms with Crippen LogP contribution in [0.25, 0.3) is 5.76 Å². The number of carbonyl (C=O) groups is 1. The Hall–Kier alpha value is -3.42. The number of carbonyl (C=O) groups excluding carboxylic acids is 1. The molecule has 2 N–H and O–H groups in total. The summed E-state index contributed by atoms with van der Waals surface area (Å²) in [7, 11) is 1.63. The second-order valence-electron chi connectivity index (χ2n) is 5.70. The average molecular weight is 353 g/mol. The van der Waals surface area contributed by atoms with Crippen LogP contribution in [0.15, 0.2) is 42.7 Å². The summed E-state index contributed by atoms with van der Waals surface area (Å²) in [6.45, 7) is 2.61. The van der Waals surface area contributed by atoms with Crippen molar-refractivity contribution in [2.24, 2.45) is 0 Å². The third-order valence-electron chi connectivity index (χ3n) is 3.98. The summed E-state index contributed by atoms with van der Waals surface area (Å²) in [4.78, 5) is 12.5. The number of hydrogen-bond acceptors (Lipinski definition) is 6. The normalized spacial score (nSPS) is 11.5. The molecule has 2 heterocycles. The first kappa shape index (κ1) is 17.4. The van der Waals surface area contributed by atoms with E-state index in [9.17, 15) is 9.90 Å². The van der Waals surface area contributed by atoms with Crippen LogP contribution in [0.5, 0.6) is 5.75 Å². The van der Waals surface area contributed by atoms with E-state index in [4.69, 9.17) is 4.74 Å². The number of tetrazole rings is 1. The SMILES string of the molecule is CCc1cn(Cc2ccc(OC)cc2)cc1C(=O)C=C(O)c1nn[nH]n1. The first-order chi connectivity index (χ1) is 12.6. The highest BCUT2D eigenvalue weighted by Gasteiger charge is 2.15. The fourth-order valence-corrected chi connectivity index (χ4v) is 2.63. The number of allylic oxidation sites excluding steroid dienone is 1. The maximum Gasteiger partial charge on any atom is 0.239 e. The van der Waals surface area contributed by atoms with Crippen molar-refractivity contribution in [3.8, 4) is 5.75 Å². The van der Waals surface area contributed by atoms with E-state index < -0.39 is 0 Å². The topological polar surface area (TPSA) is 106 Å². The quantitative estimate of drug-likeness (QED) is 0.384. The lowest BCUT2D eigenvalue weighted by Gasteiger charge is -2.04. The minimum absolute atomic E-state index is 0.0194. The molecule has 0 aliphatic rings. The van der Waals surface area contributed by atoms with Gasteiger partial charge in [0.05, 0.1) is 7.11 Å². The lowest BCUT2D eigenvalue weighted by atomic mass is 10.1. The summed E-state index contributed by atoms with van der Waals surface area (Å²) in [6, 6.07) is 7.76. The van der Waals surface area contributed by atoms with E-state index in [0.29, 0.717) is 18.5 Å². The van der Waals surface area contributed by atoms with Crippen molar-refractivity contribution in [2.75, 3.05) is 7.11 Å². The van der Waals surface area contributed by atoms with Gasteiger partial charge in [0.1, 0.15) is 5.75 Å². The van der Waals surface area contributed by atoms with Gasteiger partial charge < -0.3 is 14.4 Å². The molecule has 3 aromatic rings. The molecule has 26 heavy (non-hydrogen) atoms. The first-order valence-corrected chi connectivity index (χ1v) is 8.11. The van der Waals surface area contributed by atoms with E-state index >= 15 is 0 Å². The standard InChI is InChI=1S/C18H19N5O3/c1-3-13-10-23(9-12-4-6-14(26-2)7-5-12)11-15(13)16(24)8-17(25)18-19-21-22-20-18/h4-8,10-11,25H,3,9H2,1-2H3,(H,19,20,21,22). The molecule has 8 nitrogen and oxygen atoms in total. The molecule has 0 unspecified atom stereocenters. The molecule has 0 spiro atoms. The number of methoxy groups -OCH3 is 1. The summed E-state index contributed by atoms with van der Waals surface area (Å²) in [5, 5.41) is 22.8. The number of nitrogens with zero attached hydrogens (tertiary/aromatic N) is 4. The largest absolute Gasteiger partial charge is 0.504 e. The van der Waals surface area contributed by atoms with Crippen molar-refractivity contribution in [3.63, 3.8) is 0 Å². The molecule has 8 heteroatoms. The maximum atomic E-state index is 12.5. The van der Waals surface area contributed by atoms with Crippen molar-refractivity contribution in [2.45, 2.75) is 19.9 Å². The van der Waals surface area contributed by atoms with Gasteiger partial charge in [-0.3, -0.25) is 4.79 Å². The minimum Gasteiger partial charge on any atom is -0.504 e. The lowest BCUT2D eigenvalue weighted by Crippen LogP contribution is -2.00. The second-order valence-corrected chi connectivity index (χ2v) is 5.70. The molecule has 0 radical (unpaired) electrons. The fraction of sp³-hybridized carbons (Fsp3) is 0.222. The van der Waals surface area contributed by atoms with Crippen molar-refractivity contribution < 1.29 is 14.6 Å². The van der Waals surface area contributed by atoms with Crippen LogP contribution in [0.2, 0.25) is 0 Å². The first-order valence-electron chi connectivity index (χ1n) is 8.11. The zero-order valence-corrected chi connectivity index (χ0v) is 14.5. The molecule has 0 atom stereocenters. The molecule has 2 aromatic heterocycles. The van der Waals surface area contributed by atoms with Crippen LogP contribution < -0.4 is 4.74 Å². The van der Waals surface area contributed by atoms with Crippen LogP contribution in [0.1, 0.15) is 34.2 Å². The highest BCUT2D eigenvalue weighted by atomic mass is 16.5. The summed E-state index contributed by atoms with van der Waals surface area (Å²) >= 11 is 0. The Kier molecular flexibility index (Phi) is 5.12. The molecule has 0 saturated heterocycles. The Labute approximate surface area is 150 Å². The number of aromatic nitrogens is 5. The molecule has 1 aromatic carbocycles. The predicted octanol–water partition coefficient (Wildman–Crippen LogP) is 2.40. The van der Waals surface area contributed by atoms with Crippen molar-refractivity contribution in [1.82, 2.24) is 25.2 Å². The zero-order chi connectivity index (χ0) is 18.5. The van der Waals surface area contributed by atoms with Gasteiger partial charge in [-0.25, -0.2) is 0 Å². The van der Waals surface area contributed by atoms with E-state index in [1.54, 1.807) is 13.3 Å².